The highest BCUT2D eigenvalue weighted by Gasteiger charge is 2.19. The number of ether oxygens (including phenoxy) is 2. The van der Waals surface area contributed by atoms with Crippen LogP contribution in [0.3, 0.4) is 0 Å². The molecule has 6 nitrogen and oxygen atoms in total. The van der Waals surface area contributed by atoms with Gasteiger partial charge in [-0.05, 0) is 49.7 Å². The van der Waals surface area contributed by atoms with Crippen molar-refractivity contribution in [3.8, 4) is 45.1 Å². The monoisotopic (exact) mass is 621 g/mol. The number of methoxy groups -OCH3 is 2. The van der Waals surface area contributed by atoms with Crippen LogP contribution in [-0.2, 0) is 6.54 Å². The lowest BCUT2D eigenvalue weighted by atomic mass is 9.99. The highest BCUT2D eigenvalue weighted by Crippen LogP contribution is 2.43. The summed E-state index contributed by atoms with van der Waals surface area (Å²) in [4.78, 5) is 9.46. The molecule has 0 aliphatic heterocycles. The summed E-state index contributed by atoms with van der Waals surface area (Å²) in [6, 6.07) is 19.2. The molecular weight excluding hydrogens is 593 g/mol. The van der Waals surface area contributed by atoms with Gasteiger partial charge in [-0.3, -0.25) is 4.98 Å². The zero-order valence-corrected chi connectivity index (χ0v) is 25.9. The minimum Gasteiger partial charge on any atom is -0.496 e. The Labute approximate surface area is 260 Å². The fourth-order valence-electron chi connectivity index (χ4n) is 4.98. The lowest BCUT2D eigenvalue weighted by Crippen LogP contribution is -2.24. The van der Waals surface area contributed by atoms with Crippen molar-refractivity contribution in [3.05, 3.63) is 93.1 Å². The lowest BCUT2D eigenvalue weighted by molar-refractivity contribution is 0.191. The molecule has 0 bridgehead atoms. The van der Waals surface area contributed by atoms with Gasteiger partial charge in [-0.15, -0.1) is 0 Å². The Bertz CT molecular complexity index is 1780. The predicted octanol–water partition coefficient (Wildman–Crippen LogP) is 8.39. The third-order valence-electron chi connectivity index (χ3n) is 7.05. The molecule has 0 amide bonds. The molecule has 0 fully saturated rings. The molecule has 42 heavy (non-hydrogen) atoms. The van der Waals surface area contributed by atoms with Crippen molar-refractivity contribution in [1.29, 1.82) is 0 Å². The Morgan fingerprint density at radius 3 is 2.40 bits per heavy atom. The van der Waals surface area contributed by atoms with Gasteiger partial charge in [-0.1, -0.05) is 65.1 Å². The van der Waals surface area contributed by atoms with Gasteiger partial charge in [0.1, 0.15) is 11.5 Å². The van der Waals surface area contributed by atoms with Crippen molar-refractivity contribution in [2.24, 2.45) is 0 Å². The van der Waals surface area contributed by atoms with Gasteiger partial charge in [0.15, 0.2) is 0 Å². The standard InChI is InChI=1S/C33H30Cl3N3O3/c1-18-8-9-20(15-28(18)41-3)31-30(36)23(12-13-38-31)22-6-5-7-24(29(22)35)27-11-10-25-32(39-27)26(34)14-21(33(25)42-4)17-37-16-19(2)40/h5-15,19,37,40H,16-17H2,1-4H3/t19-/m0/s1. The van der Waals surface area contributed by atoms with Gasteiger partial charge in [0.25, 0.3) is 0 Å². The molecule has 9 heteroatoms. The average molecular weight is 623 g/mol. The molecule has 216 valence electrons. The molecule has 0 aliphatic rings. The van der Waals surface area contributed by atoms with E-state index >= 15 is 0 Å². The van der Waals surface area contributed by atoms with E-state index in [4.69, 9.17) is 49.3 Å². The number of benzene rings is 3. The summed E-state index contributed by atoms with van der Waals surface area (Å²) in [6.45, 7) is 4.65. The van der Waals surface area contributed by atoms with Crippen LogP contribution in [0.2, 0.25) is 15.1 Å². The minimum absolute atomic E-state index is 0.451. The van der Waals surface area contributed by atoms with E-state index in [2.05, 4.69) is 10.3 Å². The maximum absolute atomic E-state index is 9.59. The molecule has 5 aromatic rings. The van der Waals surface area contributed by atoms with Crippen LogP contribution < -0.4 is 14.8 Å². The van der Waals surface area contributed by atoms with Crippen LogP contribution in [0, 0.1) is 6.92 Å². The number of nitrogens with zero attached hydrogens (tertiary/aromatic N) is 2. The summed E-state index contributed by atoms with van der Waals surface area (Å²) >= 11 is 20.7. The number of aliphatic hydroxyl groups excluding tert-OH is 1. The quantitative estimate of drug-likeness (QED) is 0.172. The van der Waals surface area contributed by atoms with Crippen LogP contribution in [-0.4, -0.2) is 41.9 Å². The summed E-state index contributed by atoms with van der Waals surface area (Å²) in [6.07, 6.45) is 1.26. The molecule has 2 heterocycles. The Balaban J connectivity index is 1.56. The number of fused-ring (bicyclic) bond motifs is 1. The SMILES string of the molecule is COc1cc(-c2nccc(-c3cccc(-c4ccc5c(OC)c(CNC[C@H](C)O)cc(Cl)c5n4)c3Cl)c2Cl)ccc1C. The normalized spacial score (nSPS) is 12.0. The van der Waals surface area contributed by atoms with Crippen molar-refractivity contribution in [3.63, 3.8) is 0 Å². The van der Waals surface area contributed by atoms with Crippen LogP contribution in [0.1, 0.15) is 18.1 Å². The van der Waals surface area contributed by atoms with Gasteiger partial charge < -0.3 is 19.9 Å². The second-order valence-corrected chi connectivity index (χ2v) is 11.2. The van der Waals surface area contributed by atoms with Crippen molar-refractivity contribution in [2.45, 2.75) is 26.5 Å². The van der Waals surface area contributed by atoms with Crippen LogP contribution >= 0.6 is 34.8 Å². The largest absolute Gasteiger partial charge is 0.496 e. The molecule has 0 saturated carbocycles. The fourth-order valence-corrected chi connectivity index (χ4v) is 5.90. The van der Waals surface area contributed by atoms with Crippen molar-refractivity contribution in [2.75, 3.05) is 20.8 Å². The summed E-state index contributed by atoms with van der Waals surface area (Å²) in [5.41, 5.74) is 6.88. The predicted molar refractivity (Wildman–Crippen MR) is 172 cm³/mol. The summed E-state index contributed by atoms with van der Waals surface area (Å²) in [5, 5.41) is 15.1. The molecule has 0 spiro atoms. The lowest BCUT2D eigenvalue weighted by Gasteiger charge is -2.16. The molecule has 2 aromatic heterocycles. The maximum atomic E-state index is 9.59. The number of halogens is 3. The summed E-state index contributed by atoms with van der Waals surface area (Å²) < 4.78 is 11.2. The van der Waals surface area contributed by atoms with Crippen molar-refractivity contribution in [1.82, 2.24) is 15.3 Å². The molecule has 1 atom stereocenters. The second-order valence-electron chi connectivity index (χ2n) is 10.00. The number of aromatic nitrogens is 2. The fraction of sp³-hybridized carbons (Fsp3) is 0.212. The van der Waals surface area contributed by atoms with Gasteiger partial charge in [-0.2, -0.15) is 0 Å². The number of pyridine rings is 2. The van der Waals surface area contributed by atoms with E-state index in [1.807, 2.05) is 67.6 Å². The summed E-state index contributed by atoms with van der Waals surface area (Å²) in [5.74, 6) is 1.44. The number of aryl methyl sites for hydroxylation is 1. The van der Waals surface area contributed by atoms with E-state index in [1.54, 1.807) is 27.3 Å². The second kappa shape index (κ2) is 12.9. The van der Waals surface area contributed by atoms with Crippen LogP contribution in [0.4, 0.5) is 0 Å². The van der Waals surface area contributed by atoms with E-state index in [0.717, 1.165) is 44.5 Å². The number of rotatable bonds is 9. The highest BCUT2D eigenvalue weighted by molar-refractivity contribution is 6.39. The number of hydrogen-bond acceptors (Lipinski definition) is 6. The molecule has 0 aliphatic carbocycles. The average Bonchev–Trinajstić information content (AvgIpc) is 2.98. The number of aliphatic hydroxyl groups is 1. The Morgan fingerprint density at radius 2 is 1.67 bits per heavy atom. The molecular formula is C33H30Cl3N3O3. The Morgan fingerprint density at radius 1 is 0.905 bits per heavy atom. The van der Waals surface area contributed by atoms with Gasteiger partial charge >= 0.3 is 0 Å². The van der Waals surface area contributed by atoms with E-state index in [9.17, 15) is 5.11 Å². The Hall–Kier alpha value is -3.39. The van der Waals surface area contributed by atoms with Crippen molar-refractivity contribution < 1.29 is 14.6 Å². The van der Waals surface area contributed by atoms with Crippen LogP contribution in [0.15, 0.2) is 66.9 Å². The molecule has 0 saturated heterocycles. The first kappa shape index (κ1) is 30.1. The number of nitrogens with one attached hydrogen (secondary N) is 1. The molecule has 0 unspecified atom stereocenters. The smallest absolute Gasteiger partial charge is 0.132 e. The summed E-state index contributed by atoms with van der Waals surface area (Å²) in [7, 11) is 3.26. The topological polar surface area (TPSA) is 76.5 Å². The van der Waals surface area contributed by atoms with Gasteiger partial charge in [-0.25, -0.2) is 4.98 Å². The van der Waals surface area contributed by atoms with Gasteiger partial charge in [0.2, 0.25) is 0 Å². The number of hydrogen-bond donors (Lipinski definition) is 2. The van der Waals surface area contributed by atoms with Gasteiger partial charge in [0, 0.05) is 52.5 Å². The third-order valence-corrected chi connectivity index (χ3v) is 8.13. The van der Waals surface area contributed by atoms with E-state index in [1.165, 1.54) is 0 Å². The molecule has 2 N–H and O–H groups in total. The Kier molecular flexibility index (Phi) is 9.21. The van der Waals surface area contributed by atoms with E-state index < -0.39 is 6.10 Å². The minimum atomic E-state index is -0.462. The zero-order valence-electron chi connectivity index (χ0n) is 23.6. The maximum Gasteiger partial charge on any atom is 0.132 e. The molecule has 3 aromatic carbocycles. The first-order chi connectivity index (χ1) is 20.2. The third kappa shape index (κ3) is 5.91. The van der Waals surface area contributed by atoms with Crippen LogP contribution in [0.25, 0.3) is 44.5 Å². The van der Waals surface area contributed by atoms with E-state index in [0.29, 0.717) is 50.8 Å². The van der Waals surface area contributed by atoms with Crippen LogP contribution in [0.5, 0.6) is 11.5 Å². The van der Waals surface area contributed by atoms with Gasteiger partial charge in [0.05, 0.1) is 52.3 Å². The van der Waals surface area contributed by atoms with Crippen molar-refractivity contribution >= 4 is 45.7 Å². The van der Waals surface area contributed by atoms with E-state index in [-0.39, 0.29) is 0 Å². The first-order valence-electron chi connectivity index (χ1n) is 13.4. The first-order valence-corrected chi connectivity index (χ1v) is 14.5. The molecule has 5 rings (SSSR count). The molecule has 0 radical (unpaired) electrons. The highest BCUT2D eigenvalue weighted by atomic mass is 35.5. The zero-order chi connectivity index (χ0) is 30.0.